The SMILES string of the molecule is COc1cc(OC)cc(C(=O)N/N=C/c2c(C)nn(-c3ccccc3)c2Cl)c1. The molecule has 2 aromatic carbocycles. The molecule has 28 heavy (non-hydrogen) atoms. The van der Waals surface area contributed by atoms with Gasteiger partial charge in [-0.05, 0) is 31.2 Å². The number of benzene rings is 2. The van der Waals surface area contributed by atoms with Crippen molar-refractivity contribution in [3.8, 4) is 17.2 Å². The average Bonchev–Trinajstić information content (AvgIpc) is 3.02. The summed E-state index contributed by atoms with van der Waals surface area (Å²) in [4.78, 5) is 12.4. The number of aromatic nitrogens is 2. The zero-order chi connectivity index (χ0) is 20.1. The molecule has 1 aromatic heterocycles. The Morgan fingerprint density at radius 2 is 1.79 bits per heavy atom. The molecule has 1 heterocycles. The van der Waals surface area contributed by atoms with Gasteiger partial charge in [0, 0.05) is 11.6 Å². The van der Waals surface area contributed by atoms with Crippen LogP contribution in [0.2, 0.25) is 5.15 Å². The van der Waals surface area contributed by atoms with Gasteiger partial charge in [0.05, 0.1) is 37.4 Å². The molecule has 0 aliphatic carbocycles. The molecule has 0 atom stereocenters. The summed E-state index contributed by atoms with van der Waals surface area (Å²) in [5, 5.41) is 8.85. The summed E-state index contributed by atoms with van der Waals surface area (Å²) < 4.78 is 12.0. The molecular weight excluding hydrogens is 380 g/mol. The monoisotopic (exact) mass is 398 g/mol. The number of methoxy groups -OCH3 is 2. The van der Waals surface area contributed by atoms with E-state index in [4.69, 9.17) is 21.1 Å². The van der Waals surface area contributed by atoms with E-state index in [1.54, 1.807) is 22.9 Å². The maximum Gasteiger partial charge on any atom is 0.271 e. The number of ether oxygens (including phenoxy) is 2. The number of aryl methyl sites for hydroxylation is 1. The van der Waals surface area contributed by atoms with Gasteiger partial charge in [0.15, 0.2) is 0 Å². The van der Waals surface area contributed by atoms with Gasteiger partial charge in [-0.1, -0.05) is 29.8 Å². The van der Waals surface area contributed by atoms with E-state index in [2.05, 4.69) is 15.6 Å². The molecule has 144 valence electrons. The Morgan fingerprint density at radius 3 is 2.39 bits per heavy atom. The van der Waals surface area contributed by atoms with E-state index in [0.29, 0.717) is 33.5 Å². The molecule has 0 saturated heterocycles. The molecular formula is C20H19ClN4O3. The van der Waals surface area contributed by atoms with Gasteiger partial charge in [0.1, 0.15) is 16.7 Å². The van der Waals surface area contributed by atoms with Crippen LogP contribution in [0.25, 0.3) is 5.69 Å². The van der Waals surface area contributed by atoms with E-state index in [-0.39, 0.29) is 0 Å². The van der Waals surface area contributed by atoms with Crippen molar-refractivity contribution in [2.45, 2.75) is 6.92 Å². The normalized spacial score (nSPS) is 10.9. The second-order valence-electron chi connectivity index (χ2n) is 5.84. The van der Waals surface area contributed by atoms with Crippen LogP contribution in [0, 0.1) is 6.92 Å². The number of nitrogens with one attached hydrogen (secondary N) is 1. The van der Waals surface area contributed by atoms with E-state index in [1.165, 1.54) is 20.4 Å². The standard InChI is InChI=1S/C20H19ClN4O3/c1-13-18(19(21)25(24-13)15-7-5-4-6-8-15)12-22-23-20(26)14-9-16(27-2)11-17(10-14)28-3/h4-12H,1-3H3,(H,23,26)/b22-12+. The smallest absolute Gasteiger partial charge is 0.271 e. The second kappa shape index (κ2) is 8.58. The lowest BCUT2D eigenvalue weighted by atomic mass is 10.2. The molecule has 3 aromatic rings. The molecule has 0 bridgehead atoms. The van der Waals surface area contributed by atoms with Gasteiger partial charge in [-0.2, -0.15) is 10.2 Å². The summed E-state index contributed by atoms with van der Waals surface area (Å²) in [7, 11) is 3.04. The molecule has 0 aliphatic rings. The quantitative estimate of drug-likeness (QED) is 0.508. The van der Waals surface area contributed by atoms with E-state index in [9.17, 15) is 4.79 Å². The molecule has 1 N–H and O–H groups in total. The third kappa shape index (κ3) is 4.15. The van der Waals surface area contributed by atoms with Crippen LogP contribution in [-0.2, 0) is 0 Å². The number of hydrogen-bond acceptors (Lipinski definition) is 5. The fourth-order valence-electron chi connectivity index (χ4n) is 2.56. The lowest BCUT2D eigenvalue weighted by molar-refractivity contribution is 0.0954. The topological polar surface area (TPSA) is 77.7 Å². The fraction of sp³-hybridized carbons (Fsp3) is 0.150. The summed E-state index contributed by atoms with van der Waals surface area (Å²) in [6.07, 6.45) is 1.47. The highest BCUT2D eigenvalue weighted by Gasteiger charge is 2.13. The number of carbonyl (C=O) groups is 1. The Hall–Kier alpha value is -3.32. The lowest BCUT2D eigenvalue weighted by Crippen LogP contribution is -2.17. The molecule has 0 aliphatic heterocycles. The van der Waals surface area contributed by atoms with Crippen LogP contribution in [0.15, 0.2) is 53.6 Å². The number of nitrogens with zero attached hydrogens (tertiary/aromatic N) is 3. The predicted octanol–water partition coefficient (Wildman–Crippen LogP) is 3.62. The zero-order valence-corrected chi connectivity index (χ0v) is 16.4. The number of halogens is 1. The van der Waals surface area contributed by atoms with E-state index < -0.39 is 5.91 Å². The molecule has 8 heteroatoms. The molecule has 0 unspecified atom stereocenters. The minimum Gasteiger partial charge on any atom is -0.497 e. The van der Waals surface area contributed by atoms with Crippen molar-refractivity contribution in [3.63, 3.8) is 0 Å². The third-order valence-corrected chi connectivity index (χ3v) is 4.39. The first-order valence-electron chi connectivity index (χ1n) is 8.40. The summed E-state index contributed by atoms with van der Waals surface area (Å²) in [5.74, 6) is 0.616. The number of hydrogen-bond donors (Lipinski definition) is 1. The van der Waals surface area contributed by atoms with Gasteiger partial charge >= 0.3 is 0 Å². The maximum atomic E-state index is 12.4. The van der Waals surface area contributed by atoms with Gasteiger partial charge in [-0.25, -0.2) is 10.1 Å². The summed E-state index contributed by atoms with van der Waals surface area (Å²) in [5.41, 5.74) is 4.98. The molecule has 1 amide bonds. The highest BCUT2D eigenvalue weighted by Crippen LogP contribution is 2.23. The number of hydrazone groups is 1. The lowest BCUT2D eigenvalue weighted by Gasteiger charge is -2.07. The summed E-state index contributed by atoms with van der Waals surface area (Å²) in [6, 6.07) is 14.4. The Labute approximate surface area is 167 Å². The number of para-hydroxylation sites is 1. The minimum absolute atomic E-state index is 0.358. The highest BCUT2D eigenvalue weighted by molar-refractivity contribution is 6.32. The average molecular weight is 399 g/mol. The summed E-state index contributed by atoms with van der Waals surface area (Å²) in [6.45, 7) is 1.82. The molecule has 3 rings (SSSR count). The summed E-state index contributed by atoms with van der Waals surface area (Å²) >= 11 is 6.44. The van der Waals surface area contributed by atoms with Crippen molar-refractivity contribution in [1.29, 1.82) is 0 Å². The van der Waals surface area contributed by atoms with E-state index in [1.807, 2.05) is 37.3 Å². The van der Waals surface area contributed by atoms with Crippen LogP contribution >= 0.6 is 11.6 Å². The second-order valence-corrected chi connectivity index (χ2v) is 6.20. The van der Waals surface area contributed by atoms with Crippen LogP contribution < -0.4 is 14.9 Å². The highest BCUT2D eigenvalue weighted by atomic mass is 35.5. The van der Waals surface area contributed by atoms with Crippen LogP contribution in [0.1, 0.15) is 21.6 Å². The largest absolute Gasteiger partial charge is 0.497 e. The first-order chi connectivity index (χ1) is 13.5. The zero-order valence-electron chi connectivity index (χ0n) is 15.6. The molecule has 0 saturated carbocycles. The number of amides is 1. The van der Waals surface area contributed by atoms with E-state index in [0.717, 1.165) is 5.69 Å². The Morgan fingerprint density at radius 1 is 1.14 bits per heavy atom. The molecule has 0 fully saturated rings. The Bertz CT molecular complexity index is 994. The van der Waals surface area contributed by atoms with Gasteiger partial charge in [0.2, 0.25) is 0 Å². The Kier molecular flexibility index (Phi) is 5.96. The minimum atomic E-state index is -0.405. The van der Waals surface area contributed by atoms with Crippen LogP contribution in [0.5, 0.6) is 11.5 Å². The number of rotatable bonds is 6. The maximum absolute atomic E-state index is 12.4. The van der Waals surface area contributed by atoms with Crippen molar-refractivity contribution >= 4 is 23.7 Å². The third-order valence-electron chi connectivity index (χ3n) is 4.02. The van der Waals surface area contributed by atoms with Crippen molar-refractivity contribution in [1.82, 2.24) is 15.2 Å². The molecule has 0 radical (unpaired) electrons. The van der Waals surface area contributed by atoms with Gasteiger partial charge in [-0.3, -0.25) is 4.79 Å². The Balaban J connectivity index is 1.78. The molecule has 0 spiro atoms. The van der Waals surface area contributed by atoms with Crippen molar-refractivity contribution in [3.05, 3.63) is 70.5 Å². The van der Waals surface area contributed by atoms with E-state index >= 15 is 0 Å². The van der Waals surface area contributed by atoms with Crippen molar-refractivity contribution < 1.29 is 14.3 Å². The van der Waals surface area contributed by atoms with Gasteiger partial charge in [-0.15, -0.1) is 0 Å². The van der Waals surface area contributed by atoms with Gasteiger partial charge < -0.3 is 9.47 Å². The van der Waals surface area contributed by atoms with Crippen LogP contribution in [-0.4, -0.2) is 36.1 Å². The fourth-order valence-corrected chi connectivity index (χ4v) is 2.88. The van der Waals surface area contributed by atoms with Crippen LogP contribution in [0.3, 0.4) is 0 Å². The van der Waals surface area contributed by atoms with Crippen molar-refractivity contribution in [2.75, 3.05) is 14.2 Å². The first kappa shape index (κ1) is 19.4. The molecule has 7 nitrogen and oxygen atoms in total. The van der Waals surface area contributed by atoms with Gasteiger partial charge in [0.25, 0.3) is 5.91 Å². The first-order valence-corrected chi connectivity index (χ1v) is 8.78. The number of carbonyl (C=O) groups excluding carboxylic acids is 1. The van der Waals surface area contributed by atoms with Crippen molar-refractivity contribution in [2.24, 2.45) is 5.10 Å². The predicted molar refractivity (Wildman–Crippen MR) is 108 cm³/mol. The van der Waals surface area contributed by atoms with Crippen LogP contribution in [0.4, 0.5) is 0 Å².